The van der Waals surface area contributed by atoms with Crippen molar-refractivity contribution in [2.75, 3.05) is 6.54 Å². The van der Waals surface area contributed by atoms with Crippen molar-refractivity contribution in [3.05, 3.63) is 26.8 Å². The number of thiophene rings is 1. The van der Waals surface area contributed by atoms with Crippen molar-refractivity contribution in [2.24, 2.45) is 0 Å². The van der Waals surface area contributed by atoms with Gasteiger partial charge in [0.25, 0.3) is 5.91 Å². The van der Waals surface area contributed by atoms with Gasteiger partial charge in [-0.25, -0.2) is 4.79 Å². The van der Waals surface area contributed by atoms with Crippen molar-refractivity contribution in [1.82, 2.24) is 4.90 Å². The van der Waals surface area contributed by atoms with Crippen molar-refractivity contribution >= 4 is 63.6 Å². The number of thiocarbonyl (C=S) groups is 1. The lowest BCUT2D eigenvalue weighted by molar-refractivity contribution is -0.137. The molecule has 1 aliphatic rings. The maximum atomic E-state index is 12.2. The van der Waals surface area contributed by atoms with Crippen LogP contribution in [0, 0.1) is 0 Å². The molecule has 0 aromatic carbocycles. The number of carbonyl (C=O) groups is 3. The van der Waals surface area contributed by atoms with Gasteiger partial charge in [-0.05, 0) is 24.6 Å². The lowest BCUT2D eigenvalue weighted by Crippen LogP contribution is -2.29. The Morgan fingerprint density at radius 3 is 2.64 bits per heavy atom. The molecule has 1 fully saturated rings. The van der Waals surface area contributed by atoms with Crippen molar-refractivity contribution in [3.63, 3.8) is 0 Å². The zero-order valence-electron chi connectivity index (χ0n) is 11.1. The van der Waals surface area contributed by atoms with Crippen LogP contribution in [-0.4, -0.2) is 43.8 Å². The van der Waals surface area contributed by atoms with E-state index in [1.807, 2.05) is 0 Å². The first kappa shape index (κ1) is 16.7. The number of carbonyl (C=O) groups excluding carboxylic acids is 1. The highest BCUT2D eigenvalue weighted by atomic mass is 32.2. The molecule has 6 nitrogen and oxygen atoms in total. The summed E-state index contributed by atoms with van der Waals surface area (Å²) in [5.41, 5.74) is 0. The highest BCUT2D eigenvalue weighted by Gasteiger charge is 2.31. The van der Waals surface area contributed by atoms with Gasteiger partial charge in [0, 0.05) is 17.8 Å². The Morgan fingerprint density at radius 1 is 1.32 bits per heavy atom. The van der Waals surface area contributed by atoms with E-state index in [-0.39, 0.29) is 23.7 Å². The Labute approximate surface area is 139 Å². The Kier molecular flexibility index (Phi) is 5.33. The van der Waals surface area contributed by atoms with Crippen molar-refractivity contribution < 1.29 is 24.6 Å². The van der Waals surface area contributed by atoms with Gasteiger partial charge in [-0.3, -0.25) is 14.5 Å². The molecule has 0 spiro atoms. The van der Waals surface area contributed by atoms with E-state index in [0.29, 0.717) is 20.5 Å². The highest BCUT2D eigenvalue weighted by Crippen LogP contribution is 2.33. The van der Waals surface area contributed by atoms with Gasteiger partial charge >= 0.3 is 11.9 Å². The summed E-state index contributed by atoms with van der Waals surface area (Å²) in [5, 5.41) is 17.5. The fourth-order valence-electron chi connectivity index (χ4n) is 1.76. The van der Waals surface area contributed by atoms with Gasteiger partial charge in [0.2, 0.25) is 0 Å². The Hall–Kier alpha value is -1.71. The second-order valence-electron chi connectivity index (χ2n) is 4.34. The van der Waals surface area contributed by atoms with Crippen molar-refractivity contribution in [2.45, 2.75) is 12.8 Å². The van der Waals surface area contributed by atoms with Gasteiger partial charge in [0.1, 0.15) is 9.20 Å². The fraction of sp³-hybridized carbons (Fsp3) is 0.231. The molecule has 1 aliphatic heterocycles. The minimum atomic E-state index is -1.01. The largest absolute Gasteiger partial charge is 0.481 e. The summed E-state index contributed by atoms with van der Waals surface area (Å²) in [5.74, 6) is -2.20. The summed E-state index contributed by atoms with van der Waals surface area (Å²) in [6.45, 7) is 0.263. The predicted molar refractivity (Wildman–Crippen MR) is 88.0 cm³/mol. The number of rotatable bonds is 6. The number of hydrogen-bond acceptors (Lipinski definition) is 6. The SMILES string of the molecule is O=C(O)CCCN1C(=O)C(=Cc2ccc(C(=O)O)s2)SC1=S. The maximum absolute atomic E-state index is 12.2. The number of hydrogen-bond donors (Lipinski definition) is 2. The second kappa shape index (κ2) is 7.03. The Bertz CT molecular complexity index is 679. The van der Waals surface area contributed by atoms with Gasteiger partial charge in [0.05, 0.1) is 4.91 Å². The van der Waals surface area contributed by atoms with Crippen molar-refractivity contribution in [3.8, 4) is 0 Å². The van der Waals surface area contributed by atoms with E-state index in [2.05, 4.69) is 0 Å². The van der Waals surface area contributed by atoms with Crippen LogP contribution in [0.2, 0.25) is 0 Å². The van der Waals surface area contributed by atoms with Crippen LogP contribution in [-0.2, 0) is 9.59 Å². The number of carboxylic acids is 2. The third kappa shape index (κ3) is 3.93. The first-order valence-corrected chi connectivity index (χ1v) is 8.23. The molecular formula is C13H11NO5S3. The normalized spacial score (nSPS) is 16.5. The van der Waals surface area contributed by atoms with Crippen molar-refractivity contribution in [1.29, 1.82) is 0 Å². The molecule has 0 radical (unpaired) electrons. The number of aromatic carboxylic acids is 1. The van der Waals surface area contributed by atoms with Gasteiger partial charge in [0.15, 0.2) is 0 Å². The number of nitrogens with zero attached hydrogens (tertiary/aromatic N) is 1. The molecule has 1 saturated heterocycles. The maximum Gasteiger partial charge on any atom is 0.345 e. The second-order valence-corrected chi connectivity index (χ2v) is 7.13. The van der Waals surface area contributed by atoms with Crippen LogP contribution in [0.1, 0.15) is 27.4 Å². The van der Waals surface area contributed by atoms with E-state index in [0.717, 1.165) is 23.1 Å². The van der Waals surface area contributed by atoms with Crippen LogP contribution in [0.4, 0.5) is 0 Å². The Balaban J connectivity index is 2.08. The Morgan fingerprint density at radius 2 is 2.05 bits per heavy atom. The molecule has 116 valence electrons. The number of thioether (sulfide) groups is 1. The summed E-state index contributed by atoms with van der Waals surface area (Å²) >= 11 is 7.33. The molecule has 0 unspecified atom stereocenters. The molecule has 0 bridgehead atoms. The molecule has 22 heavy (non-hydrogen) atoms. The smallest absolute Gasteiger partial charge is 0.345 e. The van der Waals surface area contributed by atoms with E-state index < -0.39 is 11.9 Å². The van der Waals surface area contributed by atoms with E-state index in [1.54, 1.807) is 12.1 Å². The van der Waals surface area contributed by atoms with Crippen LogP contribution < -0.4 is 0 Å². The van der Waals surface area contributed by atoms with Crippen LogP contribution in [0.25, 0.3) is 6.08 Å². The number of carboxylic acid groups (broad SMARTS) is 2. The number of amides is 1. The molecule has 9 heteroatoms. The van der Waals surface area contributed by atoms with Gasteiger partial charge in [-0.15, -0.1) is 11.3 Å². The summed E-state index contributed by atoms with van der Waals surface area (Å²) in [6.07, 6.45) is 1.91. The first-order valence-electron chi connectivity index (χ1n) is 6.19. The van der Waals surface area contributed by atoms with Gasteiger partial charge < -0.3 is 10.2 Å². The zero-order valence-corrected chi connectivity index (χ0v) is 13.6. The highest BCUT2D eigenvalue weighted by molar-refractivity contribution is 8.26. The molecule has 2 heterocycles. The summed E-state index contributed by atoms with van der Waals surface area (Å²) < 4.78 is 0.386. The first-order chi connectivity index (χ1) is 10.4. The molecule has 1 aromatic rings. The summed E-state index contributed by atoms with van der Waals surface area (Å²) in [7, 11) is 0. The molecular weight excluding hydrogens is 346 g/mol. The van der Waals surface area contributed by atoms with Crippen LogP contribution in [0.3, 0.4) is 0 Å². The lowest BCUT2D eigenvalue weighted by atomic mass is 10.3. The van der Waals surface area contributed by atoms with Crippen LogP contribution in [0.15, 0.2) is 17.0 Å². The molecule has 0 aliphatic carbocycles. The lowest BCUT2D eigenvalue weighted by Gasteiger charge is -2.13. The number of aliphatic carboxylic acids is 1. The minimum absolute atomic E-state index is 0.0248. The van der Waals surface area contributed by atoms with Gasteiger partial charge in [-0.2, -0.15) is 0 Å². The van der Waals surface area contributed by atoms with Crippen LogP contribution >= 0.6 is 35.3 Å². The average Bonchev–Trinajstić information content (AvgIpc) is 2.99. The topological polar surface area (TPSA) is 94.9 Å². The summed E-state index contributed by atoms with van der Waals surface area (Å²) in [6, 6.07) is 3.11. The fourth-order valence-corrected chi connectivity index (χ4v) is 3.92. The third-order valence-electron chi connectivity index (χ3n) is 2.76. The van der Waals surface area contributed by atoms with E-state index in [9.17, 15) is 14.4 Å². The molecule has 1 aromatic heterocycles. The minimum Gasteiger partial charge on any atom is -0.481 e. The standard InChI is InChI=1S/C13H11NO5S3/c15-10(16)2-1-5-14-11(17)9(22-13(14)20)6-7-3-4-8(21-7)12(18)19/h3-4,6H,1-2,5H2,(H,15,16)(H,18,19). The third-order valence-corrected chi connectivity index (χ3v) is 5.15. The molecule has 0 saturated carbocycles. The quantitative estimate of drug-likeness (QED) is 0.596. The monoisotopic (exact) mass is 357 g/mol. The molecule has 1 amide bonds. The van der Waals surface area contributed by atoms with E-state index >= 15 is 0 Å². The zero-order chi connectivity index (χ0) is 16.3. The van der Waals surface area contributed by atoms with Gasteiger partial charge in [-0.1, -0.05) is 24.0 Å². The average molecular weight is 357 g/mol. The molecule has 2 N–H and O–H groups in total. The molecule has 0 atom stereocenters. The predicted octanol–water partition coefficient (Wildman–Crippen LogP) is 2.51. The van der Waals surface area contributed by atoms with E-state index in [1.165, 1.54) is 11.0 Å². The summed E-state index contributed by atoms with van der Waals surface area (Å²) in [4.78, 5) is 36.2. The van der Waals surface area contributed by atoms with E-state index in [4.69, 9.17) is 22.4 Å². The molecule has 2 rings (SSSR count). The van der Waals surface area contributed by atoms with Crippen LogP contribution in [0.5, 0.6) is 0 Å².